The fourth-order valence-electron chi connectivity index (χ4n) is 11.9. The van der Waals surface area contributed by atoms with Crippen LogP contribution in [0.15, 0.2) is 184 Å². The van der Waals surface area contributed by atoms with Crippen LogP contribution in [0.25, 0.3) is 66.9 Å². The minimum Gasteiger partial charge on any atom is -0.497 e. The number of aryl methyl sites for hydroxylation is 3. The zero-order valence-electron chi connectivity index (χ0n) is 64.5. The maximum absolute atomic E-state index is 11.8. The van der Waals surface area contributed by atoms with E-state index < -0.39 is 6.10 Å². The van der Waals surface area contributed by atoms with Crippen molar-refractivity contribution in [3.05, 3.63) is 205 Å². The van der Waals surface area contributed by atoms with E-state index in [2.05, 4.69) is 68.9 Å². The summed E-state index contributed by atoms with van der Waals surface area (Å²) in [5.74, 6) is 16.6. The molecule has 0 aliphatic rings. The summed E-state index contributed by atoms with van der Waals surface area (Å²) < 4.78 is 59.7. The lowest BCUT2D eigenvalue weighted by atomic mass is 10.1. The first-order valence-corrected chi connectivity index (χ1v) is 35.8. The molecule has 114 heavy (non-hydrogen) atoms. The maximum atomic E-state index is 11.8. The maximum Gasteiger partial charge on any atom is 0.303 e. The number of methoxy groups -OCH3 is 9. The Hall–Kier alpha value is -13.9. The van der Waals surface area contributed by atoms with Gasteiger partial charge in [0, 0.05) is 154 Å². The molecule has 0 unspecified atom stereocenters. The minimum absolute atomic E-state index is 0.191. The van der Waals surface area contributed by atoms with Gasteiger partial charge in [-0.25, -0.2) is 29.9 Å². The normalized spacial score (nSPS) is 11.0. The Morgan fingerprint density at radius 2 is 0.895 bits per heavy atom. The number of aromatic nitrogens is 15. The molecule has 0 saturated carbocycles. The molecule has 0 bridgehead atoms. The molecule has 6 aromatic carbocycles. The van der Waals surface area contributed by atoms with Gasteiger partial charge in [0.25, 0.3) is 0 Å². The Morgan fingerprint density at radius 1 is 0.447 bits per heavy atom. The summed E-state index contributed by atoms with van der Waals surface area (Å²) in [6.07, 6.45) is 18.7. The summed E-state index contributed by atoms with van der Waals surface area (Å²) in [7, 11) is 19.8. The highest BCUT2D eigenvalue weighted by Gasteiger charge is 2.26. The topological polar surface area (TPSA) is 289 Å². The molecule has 0 N–H and O–H groups in total. The number of nitrogens with zero attached hydrogens (tertiary/aromatic N) is 18. The molecule has 0 amide bonds. The number of pyridine rings is 1. The average Bonchev–Trinajstić information content (AvgIpc) is 0.908. The number of anilines is 6. The van der Waals surface area contributed by atoms with Crippen LogP contribution in [0.1, 0.15) is 18.3 Å². The van der Waals surface area contributed by atoms with E-state index in [0.29, 0.717) is 103 Å². The first-order valence-electron chi connectivity index (χ1n) is 35.0. The number of ether oxygens (including phenoxy) is 10. The first kappa shape index (κ1) is 79.7. The molecule has 0 radical (unpaired) electrons. The van der Waals surface area contributed by atoms with Crippen molar-refractivity contribution in [2.24, 2.45) is 21.1 Å². The van der Waals surface area contributed by atoms with Crippen LogP contribution in [0.4, 0.5) is 34.1 Å². The highest BCUT2D eigenvalue weighted by molar-refractivity contribution is 6.41. The van der Waals surface area contributed by atoms with Crippen molar-refractivity contribution in [2.45, 2.75) is 13.0 Å². The van der Waals surface area contributed by atoms with Crippen LogP contribution in [-0.4, -0.2) is 176 Å². The second kappa shape index (κ2) is 37.2. The van der Waals surface area contributed by atoms with Gasteiger partial charge in [-0.05, 0) is 78.6 Å². The van der Waals surface area contributed by atoms with Crippen LogP contribution < -0.4 is 52.6 Å². The molecule has 8 heterocycles. The zero-order chi connectivity index (χ0) is 80.4. The van der Waals surface area contributed by atoms with Crippen molar-refractivity contribution in [1.82, 2.24) is 74.2 Å². The largest absolute Gasteiger partial charge is 0.497 e. The number of esters is 1. The van der Waals surface area contributed by atoms with Gasteiger partial charge in [0.1, 0.15) is 62.7 Å². The summed E-state index contributed by atoms with van der Waals surface area (Å²) in [5, 5.41) is 13.3. The monoisotopic (exact) mass is 1570 g/mol. The second-order valence-electron chi connectivity index (χ2n) is 25.0. The highest BCUT2D eigenvalue weighted by Crippen LogP contribution is 2.49. The quantitative estimate of drug-likeness (QED) is 0.0401. The Balaban J connectivity index is 0.000000158. The molecule has 14 rings (SSSR count). The third-order valence-electron chi connectivity index (χ3n) is 17.4. The van der Waals surface area contributed by atoms with E-state index in [9.17, 15) is 4.79 Å². The fraction of sp³-hybridized carbons (Fsp3) is 0.217. The molecule has 31 heteroatoms. The Bertz CT molecular complexity index is 5830. The Labute approximate surface area is 666 Å². The van der Waals surface area contributed by atoms with Gasteiger partial charge in [-0.15, -0.1) is 0 Å². The van der Waals surface area contributed by atoms with E-state index >= 15 is 0 Å². The van der Waals surface area contributed by atoms with Gasteiger partial charge in [-0.1, -0.05) is 35.0 Å². The molecule has 580 valence electrons. The van der Waals surface area contributed by atoms with E-state index in [1.807, 2.05) is 139 Å². The number of rotatable bonds is 24. The number of carbonyl (C=O) groups excluding carboxylic acids is 1. The number of halogens is 2. The second-order valence-corrected chi connectivity index (χ2v) is 25.7. The molecular formula is C83H78Cl2N18O11. The van der Waals surface area contributed by atoms with E-state index in [-0.39, 0.29) is 19.1 Å². The van der Waals surface area contributed by atoms with Crippen LogP contribution in [0.3, 0.4) is 0 Å². The third-order valence-corrected chi connectivity index (χ3v) is 18.2. The van der Waals surface area contributed by atoms with Crippen molar-refractivity contribution < 1.29 is 52.2 Å². The van der Waals surface area contributed by atoms with Gasteiger partial charge < -0.3 is 62.1 Å². The Morgan fingerprint density at radius 3 is 1.32 bits per heavy atom. The van der Waals surface area contributed by atoms with Crippen molar-refractivity contribution in [3.63, 3.8) is 0 Å². The minimum atomic E-state index is -0.520. The molecular weight excluding hydrogens is 1500 g/mol. The number of fused-ring (bicyclic) bond motifs is 3. The predicted molar refractivity (Wildman–Crippen MR) is 435 cm³/mol. The average molecular weight is 1570 g/mol. The fourth-order valence-corrected chi connectivity index (χ4v) is 12.6. The van der Waals surface area contributed by atoms with E-state index in [1.54, 1.807) is 138 Å². The van der Waals surface area contributed by atoms with Crippen molar-refractivity contribution in [3.8, 4) is 104 Å². The molecule has 0 saturated heterocycles. The van der Waals surface area contributed by atoms with Crippen LogP contribution in [-0.2, 0) is 35.4 Å². The van der Waals surface area contributed by atoms with Crippen LogP contribution >= 0.6 is 23.2 Å². The van der Waals surface area contributed by atoms with Crippen molar-refractivity contribution in [1.29, 1.82) is 0 Å². The van der Waals surface area contributed by atoms with Gasteiger partial charge >= 0.3 is 5.97 Å². The van der Waals surface area contributed by atoms with E-state index in [1.165, 1.54) is 27.5 Å². The van der Waals surface area contributed by atoms with Crippen molar-refractivity contribution >= 4 is 96.4 Å². The van der Waals surface area contributed by atoms with Gasteiger partial charge in [0.15, 0.2) is 11.4 Å². The molecule has 29 nitrogen and oxygen atoms in total. The van der Waals surface area contributed by atoms with Gasteiger partial charge in [0.05, 0.1) is 176 Å². The third kappa shape index (κ3) is 19.3. The van der Waals surface area contributed by atoms with Gasteiger partial charge in [-0.2, -0.15) is 15.3 Å². The van der Waals surface area contributed by atoms with Gasteiger partial charge in [-0.3, -0.25) is 33.8 Å². The Kier molecular flexibility index (Phi) is 26.0. The molecule has 8 aromatic heterocycles. The molecule has 0 aliphatic heterocycles. The summed E-state index contributed by atoms with van der Waals surface area (Å²) >= 11 is 13.7. The summed E-state index contributed by atoms with van der Waals surface area (Å²) in [6.45, 7) is 2.48. The highest BCUT2D eigenvalue weighted by atomic mass is 35.5. The van der Waals surface area contributed by atoms with Crippen LogP contribution in [0.5, 0.6) is 46.1 Å². The summed E-state index contributed by atoms with van der Waals surface area (Å²) in [4.78, 5) is 58.6. The van der Waals surface area contributed by atoms with Crippen LogP contribution in [0, 0.1) is 23.7 Å². The lowest BCUT2D eigenvalue weighted by Crippen LogP contribution is -2.35. The molecule has 1 atom stereocenters. The number of hydrogen-bond donors (Lipinski definition) is 0. The lowest BCUT2D eigenvalue weighted by molar-refractivity contribution is -0.148. The number of hydrogen-bond acceptors (Lipinski definition) is 26. The number of benzene rings is 6. The SMILES string of the molecule is COC[C@H](CN(c1cc(OC)cc(OC)c1)c1ccc2ncc(-c3cnn(C)c3)nc2c1)OC(C)=O.COc1cc(OC)cc(N(CC#Cc2cc(OC)ncn2)c2ccc3ncc(-c4cnn(C)c4)nc3c2)c1.COc1cccnc1C#CCN(c1ccc2ncc(-c3cnn(C)c3)nc2c1)c1c(Cl)c(OC)cc(OC)c1Cl. The number of carbonyl (C=O) groups is 1. The smallest absolute Gasteiger partial charge is 0.303 e. The summed E-state index contributed by atoms with van der Waals surface area (Å²) in [5.41, 5.74) is 14.8. The predicted octanol–water partition coefficient (Wildman–Crippen LogP) is 13.7. The van der Waals surface area contributed by atoms with Gasteiger partial charge in [0.2, 0.25) is 5.88 Å². The van der Waals surface area contributed by atoms with Crippen LogP contribution in [0.2, 0.25) is 10.0 Å². The molecule has 0 aliphatic carbocycles. The van der Waals surface area contributed by atoms with E-state index in [4.69, 9.17) is 85.5 Å². The zero-order valence-corrected chi connectivity index (χ0v) is 66.0. The molecule has 0 spiro atoms. The lowest BCUT2D eigenvalue weighted by Gasteiger charge is -2.29. The van der Waals surface area contributed by atoms with E-state index in [0.717, 1.165) is 78.6 Å². The summed E-state index contributed by atoms with van der Waals surface area (Å²) in [6, 6.07) is 35.6. The molecule has 14 aromatic rings. The van der Waals surface area contributed by atoms with Crippen molar-refractivity contribution in [2.75, 3.05) is 105 Å². The first-order chi connectivity index (χ1) is 55.4. The molecule has 0 fully saturated rings. The standard InChI is InChI=1S/C29H24Cl2N6O3.C28H25N7O3.C26H29N5O5/c1-36-17-18(15-34-36)23-16-33-20-10-9-19(13-22(20)35-23)37(12-6-7-21-24(38-2)8-5-11-32-21)29-27(30)25(39-3)14-26(40-4)28(29)31;1-34-17-19(15-32-34)27-16-29-25-8-7-21(13-26(25)33-27)35(22-11-23(36-2)14-24(12-22)37-3)9-5-6-20-10-28(38-4)31-18-30-20;1-17(32)36-23(16-33-3)15-31(20-8-21(34-4)11-22(9-20)35-5)19-6-7-24-25(10-19)29-26(13-27-24)18-12-28-30(2)14-18/h5,8-11,13-17H,12H2,1-4H3;7-8,10-18H,9H2,1-4H3;6-14,23H,15-16H2,1-5H3/t;;23-/m..0/s1.